The lowest BCUT2D eigenvalue weighted by atomic mass is 10.1. The van der Waals surface area contributed by atoms with Gasteiger partial charge in [0.25, 0.3) is 0 Å². The second kappa shape index (κ2) is 2.79. The van der Waals surface area contributed by atoms with Crippen LogP contribution >= 0.6 is 11.8 Å². The number of fused-ring (bicyclic) bond motifs is 1. The lowest BCUT2D eigenvalue weighted by Crippen LogP contribution is -2.10. The average Bonchev–Trinajstić information content (AvgIpc) is 2.50. The summed E-state index contributed by atoms with van der Waals surface area (Å²) in [6.45, 7) is 1.89. The van der Waals surface area contributed by atoms with Crippen molar-refractivity contribution in [3.05, 3.63) is 33.5 Å². The number of hydrogen-bond acceptors (Lipinski definition) is 2. The van der Waals surface area contributed by atoms with Gasteiger partial charge in [0.05, 0.1) is 10.6 Å². The first-order chi connectivity index (χ1) is 6.24. The van der Waals surface area contributed by atoms with E-state index in [4.69, 9.17) is 5.26 Å². The van der Waals surface area contributed by atoms with Gasteiger partial charge in [-0.2, -0.15) is 17.0 Å². The Labute approximate surface area is 79.3 Å². The van der Waals surface area contributed by atoms with Crippen molar-refractivity contribution in [1.82, 2.24) is 4.57 Å². The molecule has 0 saturated heterocycles. The summed E-state index contributed by atoms with van der Waals surface area (Å²) in [5.74, 6) is 0. The van der Waals surface area contributed by atoms with Gasteiger partial charge in [0.2, 0.25) is 0 Å². The van der Waals surface area contributed by atoms with Crippen molar-refractivity contribution in [3.63, 3.8) is 0 Å². The van der Waals surface area contributed by atoms with Crippen molar-refractivity contribution in [2.45, 2.75) is 11.9 Å². The van der Waals surface area contributed by atoms with E-state index in [2.05, 4.69) is 0 Å². The van der Waals surface area contributed by atoms with Crippen molar-refractivity contribution >= 4 is 17.3 Å². The fourth-order valence-corrected chi connectivity index (χ4v) is 2.42. The summed E-state index contributed by atoms with van der Waals surface area (Å²) in [5, 5.41) is 11.5. The Hall–Kier alpha value is -1.47. The van der Waals surface area contributed by atoms with Gasteiger partial charge < -0.3 is 0 Å². The highest BCUT2D eigenvalue weighted by Gasteiger charge is 2.16. The first kappa shape index (κ1) is 8.14. The Morgan fingerprint density at radius 3 is 3.08 bits per heavy atom. The molecule has 1 aromatic heterocycles. The molecule has 1 radical (unpaired) electrons. The summed E-state index contributed by atoms with van der Waals surface area (Å²) < 4.78 is 1.44. The average molecular weight is 191 g/mol. The molecule has 0 spiro atoms. The van der Waals surface area contributed by atoms with Crippen LogP contribution in [0.4, 0.5) is 0 Å². The molecule has 0 unspecified atom stereocenters. The Morgan fingerprint density at radius 2 is 2.38 bits per heavy atom. The molecule has 4 heteroatoms. The van der Waals surface area contributed by atoms with Crippen molar-refractivity contribution in [2.24, 2.45) is 0 Å². The van der Waals surface area contributed by atoms with E-state index in [1.807, 2.05) is 18.5 Å². The normalized spacial score (nSPS) is 13.4. The number of rotatable bonds is 0. The molecule has 13 heavy (non-hydrogen) atoms. The van der Waals surface area contributed by atoms with Crippen molar-refractivity contribution < 1.29 is 0 Å². The third kappa shape index (κ3) is 1.09. The number of nitriles is 1. The molecule has 0 aliphatic carbocycles. The fraction of sp³-hybridized carbons (Fsp3) is 0.111. The van der Waals surface area contributed by atoms with Gasteiger partial charge in [-0.05, 0) is 17.9 Å². The van der Waals surface area contributed by atoms with E-state index < -0.39 is 0 Å². The molecule has 2 heterocycles. The molecule has 1 aliphatic rings. The van der Waals surface area contributed by atoms with Gasteiger partial charge in [-0.15, -0.1) is 0 Å². The van der Waals surface area contributed by atoms with Crippen LogP contribution in [0.1, 0.15) is 12.5 Å². The Balaban J connectivity index is 2.81. The van der Waals surface area contributed by atoms with Gasteiger partial charge in [0.1, 0.15) is 0 Å². The predicted molar refractivity (Wildman–Crippen MR) is 52.6 cm³/mol. The molecule has 2 rings (SSSR count). The standard InChI is InChI=1S/C9H7N2OS/c1-6-4-13-9-8(6)7(12)2-3-11(9)5-10/h2-4,13H,1H3. The highest BCUT2D eigenvalue weighted by atomic mass is 32.2. The lowest BCUT2D eigenvalue weighted by Gasteiger charge is -2.03. The van der Waals surface area contributed by atoms with Crippen molar-refractivity contribution in [1.29, 1.82) is 5.26 Å². The second-order valence-corrected chi connectivity index (χ2v) is 3.73. The molecular formula is C9H7N2OS. The van der Waals surface area contributed by atoms with E-state index >= 15 is 0 Å². The van der Waals surface area contributed by atoms with Gasteiger partial charge >= 0.3 is 0 Å². The smallest absolute Gasteiger partial charge is 0.190 e. The Bertz CT molecular complexity index is 493. The van der Waals surface area contributed by atoms with Crippen LogP contribution in [0.2, 0.25) is 0 Å². The molecule has 1 aromatic rings. The maximum Gasteiger partial charge on any atom is 0.190 e. The van der Waals surface area contributed by atoms with Gasteiger partial charge in [-0.25, -0.2) is 4.57 Å². The molecule has 0 N–H and O–H groups in total. The Morgan fingerprint density at radius 1 is 1.62 bits per heavy atom. The summed E-state index contributed by atoms with van der Waals surface area (Å²) in [6, 6.07) is 1.43. The van der Waals surface area contributed by atoms with E-state index in [1.54, 1.807) is 0 Å². The number of hydrogen-bond donors (Lipinski definition) is 1. The highest BCUT2D eigenvalue weighted by Crippen LogP contribution is 2.34. The third-order valence-electron chi connectivity index (χ3n) is 1.96. The van der Waals surface area contributed by atoms with Crippen LogP contribution in [0, 0.1) is 11.5 Å². The largest absolute Gasteiger partial charge is 0.289 e. The predicted octanol–water partition coefficient (Wildman–Crippen LogP) is 1.38. The molecule has 0 atom stereocenters. The molecule has 0 bridgehead atoms. The van der Waals surface area contributed by atoms with E-state index in [9.17, 15) is 4.79 Å². The molecule has 0 amide bonds. The van der Waals surface area contributed by atoms with Gasteiger partial charge in [0.15, 0.2) is 11.6 Å². The van der Waals surface area contributed by atoms with Crippen LogP contribution in [-0.2, 0) is 0 Å². The van der Waals surface area contributed by atoms with Gasteiger partial charge in [-0.1, -0.05) is 0 Å². The van der Waals surface area contributed by atoms with Crippen LogP contribution in [0.5, 0.6) is 0 Å². The van der Waals surface area contributed by atoms with Crippen LogP contribution in [0.15, 0.2) is 27.5 Å². The molecule has 65 valence electrons. The van der Waals surface area contributed by atoms with Crippen molar-refractivity contribution in [3.8, 4) is 6.19 Å². The summed E-state index contributed by atoms with van der Waals surface area (Å²) >= 11 is 0.930. The molecule has 3 nitrogen and oxygen atoms in total. The second-order valence-electron chi connectivity index (χ2n) is 2.79. The molecule has 1 aliphatic heterocycles. The van der Waals surface area contributed by atoms with Gasteiger partial charge in [0, 0.05) is 12.3 Å². The zero-order chi connectivity index (χ0) is 9.42. The number of pyridine rings is 1. The first-order valence-electron chi connectivity index (χ1n) is 3.78. The lowest BCUT2D eigenvalue weighted by molar-refractivity contribution is 0.923. The number of aromatic nitrogens is 1. The minimum atomic E-state index is 0.000231. The number of thiol groups is 1. The minimum absolute atomic E-state index is 0.000231. The SMILES string of the molecule is CC1=C[SH]c2c1c(=O)ccn2C#N. The molecule has 0 aromatic carbocycles. The van der Waals surface area contributed by atoms with E-state index in [1.165, 1.54) is 16.8 Å². The summed E-state index contributed by atoms with van der Waals surface area (Å²) in [5.41, 5.74) is 1.65. The quantitative estimate of drug-likeness (QED) is 0.629. The van der Waals surface area contributed by atoms with Crippen LogP contribution < -0.4 is 5.43 Å². The third-order valence-corrected chi connectivity index (χ3v) is 3.16. The summed E-state index contributed by atoms with van der Waals surface area (Å²) in [4.78, 5) is 11.4. The van der Waals surface area contributed by atoms with Gasteiger partial charge in [-0.3, -0.25) is 4.79 Å². The zero-order valence-corrected chi connectivity index (χ0v) is 7.88. The summed E-state index contributed by atoms with van der Waals surface area (Å²) in [7, 11) is 0. The Kier molecular flexibility index (Phi) is 1.74. The van der Waals surface area contributed by atoms with Crippen LogP contribution in [-0.4, -0.2) is 4.57 Å². The number of nitrogens with zero attached hydrogens (tertiary/aromatic N) is 2. The first-order valence-corrected chi connectivity index (χ1v) is 4.74. The minimum Gasteiger partial charge on any atom is -0.289 e. The van der Waals surface area contributed by atoms with E-state index in [0.717, 1.165) is 22.4 Å². The maximum atomic E-state index is 11.4. The molecule has 0 fully saturated rings. The monoisotopic (exact) mass is 191 g/mol. The highest BCUT2D eigenvalue weighted by molar-refractivity contribution is 8.02. The van der Waals surface area contributed by atoms with Crippen LogP contribution in [0.25, 0.3) is 5.57 Å². The van der Waals surface area contributed by atoms with E-state index in [0.29, 0.717) is 5.56 Å². The van der Waals surface area contributed by atoms with E-state index in [-0.39, 0.29) is 5.43 Å². The summed E-state index contributed by atoms with van der Waals surface area (Å²) in [6.07, 6.45) is 3.53. The number of allylic oxidation sites excluding steroid dienone is 1. The van der Waals surface area contributed by atoms with Crippen molar-refractivity contribution in [2.75, 3.05) is 0 Å². The zero-order valence-electron chi connectivity index (χ0n) is 6.98. The molecular weight excluding hydrogens is 184 g/mol. The van der Waals surface area contributed by atoms with Crippen LogP contribution in [0.3, 0.4) is 0 Å². The topological polar surface area (TPSA) is 45.8 Å². The molecule has 0 saturated carbocycles. The maximum absolute atomic E-state index is 11.4. The fourth-order valence-electron chi connectivity index (χ4n) is 1.33.